The standard InChI is InChI=1S/C24H30N2O4/c1-5-10-20(22-26-19-13-7-8-14-21(19)29-22)25-18(6-2)16-11-9-12-17(15-16)30-24(3,4)23(27)28/h7-9,11-15,18,20,25H,5-6,10H2,1-4H3,(H,27,28). The van der Waals surface area contributed by atoms with Crippen molar-refractivity contribution in [1.29, 1.82) is 0 Å². The molecule has 0 spiro atoms. The Kier molecular flexibility index (Phi) is 6.77. The third kappa shape index (κ3) is 5.00. The van der Waals surface area contributed by atoms with Crippen LogP contribution in [0.5, 0.6) is 5.75 Å². The largest absolute Gasteiger partial charge is 0.478 e. The van der Waals surface area contributed by atoms with Crippen LogP contribution in [0.4, 0.5) is 0 Å². The predicted octanol–water partition coefficient (Wildman–Crippen LogP) is 5.65. The summed E-state index contributed by atoms with van der Waals surface area (Å²) in [5.41, 5.74) is 1.38. The van der Waals surface area contributed by atoms with Crippen LogP contribution in [0.2, 0.25) is 0 Å². The number of hydrogen-bond acceptors (Lipinski definition) is 5. The number of carbonyl (C=O) groups is 1. The van der Waals surface area contributed by atoms with Crippen LogP contribution >= 0.6 is 0 Å². The van der Waals surface area contributed by atoms with E-state index in [0.29, 0.717) is 11.6 Å². The van der Waals surface area contributed by atoms with Gasteiger partial charge in [0, 0.05) is 6.04 Å². The second-order valence-electron chi connectivity index (χ2n) is 7.98. The number of rotatable bonds is 10. The molecule has 0 saturated carbocycles. The highest BCUT2D eigenvalue weighted by Gasteiger charge is 2.29. The number of benzene rings is 2. The summed E-state index contributed by atoms with van der Waals surface area (Å²) in [7, 11) is 0. The van der Waals surface area contributed by atoms with Crippen LogP contribution in [0, 0.1) is 0 Å². The van der Waals surface area contributed by atoms with Crippen molar-refractivity contribution in [2.75, 3.05) is 0 Å². The van der Waals surface area contributed by atoms with E-state index < -0.39 is 11.6 Å². The molecule has 0 aliphatic carbocycles. The van der Waals surface area contributed by atoms with Gasteiger partial charge in [-0.3, -0.25) is 5.32 Å². The lowest BCUT2D eigenvalue weighted by atomic mass is 10.0. The number of aromatic nitrogens is 1. The number of hydrogen-bond donors (Lipinski definition) is 2. The predicted molar refractivity (Wildman–Crippen MR) is 117 cm³/mol. The topological polar surface area (TPSA) is 84.6 Å². The van der Waals surface area contributed by atoms with Crippen LogP contribution in [-0.2, 0) is 4.79 Å². The average Bonchev–Trinajstić information content (AvgIpc) is 3.15. The number of nitrogens with zero attached hydrogens (tertiary/aromatic N) is 1. The van der Waals surface area contributed by atoms with Crippen molar-refractivity contribution in [1.82, 2.24) is 10.3 Å². The number of ether oxygens (including phenoxy) is 1. The molecule has 0 aliphatic rings. The summed E-state index contributed by atoms with van der Waals surface area (Å²) in [6.07, 6.45) is 2.74. The second-order valence-corrected chi connectivity index (χ2v) is 7.98. The lowest BCUT2D eigenvalue weighted by Gasteiger charge is -2.25. The van der Waals surface area contributed by atoms with E-state index >= 15 is 0 Å². The number of carboxylic acids is 1. The van der Waals surface area contributed by atoms with Gasteiger partial charge < -0.3 is 14.3 Å². The van der Waals surface area contributed by atoms with Crippen LogP contribution in [0.25, 0.3) is 11.1 Å². The molecule has 2 N–H and O–H groups in total. The van der Waals surface area contributed by atoms with E-state index in [9.17, 15) is 9.90 Å². The number of para-hydroxylation sites is 2. The molecule has 6 heteroatoms. The summed E-state index contributed by atoms with van der Waals surface area (Å²) < 4.78 is 11.7. The molecule has 2 aromatic carbocycles. The first kappa shape index (κ1) is 21.8. The molecule has 0 bridgehead atoms. The minimum absolute atomic E-state index is 0.0209. The van der Waals surface area contributed by atoms with Gasteiger partial charge in [0.25, 0.3) is 0 Å². The summed E-state index contributed by atoms with van der Waals surface area (Å²) in [5.74, 6) is 0.224. The maximum absolute atomic E-state index is 11.4. The molecule has 160 valence electrons. The molecule has 1 heterocycles. The summed E-state index contributed by atoms with van der Waals surface area (Å²) in [4.78, 5) is 16.1. The third-order valence-corrected chi connectivity index (χ3v) is 5.14. The number of aliphatic carboxylic acids is 1. The zero-order valence-corrected chi connectivity index (χ0v) is 18.0. The Morgan fingerprint density at radius 1 is 1.17 bits per heavy atom. The van der Waals surface area contributed by atoms with E-state index in [-0.39, 0.29) is 12.1 Å². The number of oxazole rings is 1. The maximum Gasteiger partial charge on any atom is 0.347 e. The Balaban J connectivity index is 1.83. The highest BCUT2D eigenvalue weighted by atomic mass is 16.5. The Bertz CT molecular complexity index is 963. The zero-order valence-electron chi connectivity index (χ0n) is 18.0. The molecule has 6 nitrogen and oxygen atoms in total. The lowest BCUT2D eigenvalue weighted by molar-refractivity contribution is -0.152. The van der Waals surface area contributed by atoms with E-state index in [4.69, 9.17) is 9.15 Å². The minimum Gasteiger partial charge on any atom is -0.478 e. The fourth-order valence-corrected chi connectivity index (χ4v) is 3.43. The van der Waals surface area contributed by atoms with Gasteiger partial charge in [-0.25, -0.2) is 9.78 Å². The lowest BCUT2D eigenvalue weighted by Crippen LogP contribution is -2.37. The molecule has 3 rings (SSSR count). The first-order chi connectivity index (χ1) is 14.3. The third-order valence-electron chi connectivity index (χ3n) is 5.14. The molecule has 0 aliphatic heterocycles. The molecule has 0 amide bonds. The summed E-state index contributed by atoms with van der Waals surface area (Å²) >= 11 is 0. The normalized spacial score (nSPS) is 13.9. The zero-order chi connectivity index (χ0) is 21.7. The molecular weight excluding hydrogens is 380 g/mol. The molecule has 0 saturated heterocycles. The van der Waals surface area contributed by atoms with Crippen LogP contribution in [0.15, 0.2) is 52.9 Å². The fraction of sp³-hybridized carbons (Fsp3) is 0.417. The van der Waals surface area contributed by atoms with E-state index in [1.165, 1.54) is 0 Å². The highest BCUT2D eigenvalue weighted by Crippen LogP contribution is 2.29. The number of nitrogens with one attached hydrogen (secondary N) is 1. The van der Waals surface area contributed by atoms with E-state index in [0.717, 1.165) is 35.9 Å². The Labute approximate surface area is 177 Å². The molecule has 30 heavy (non-hydrogen) atoms. The Hall–Kier alpha value is -2.86. The van der Waals surface area contributed by atoms with Crippen LogP contribution < -0.4 is 10.1 Å². The van der Waals surface area contributed by atoms with Crippen LogP contribution in [-0.4, -0.2) is 21.7 Å². The van der Waals surface area contributed by atoms with Gasteiger partial charge in [-0.2, -0.15) is 0 Å². The average molecular weight is 411 g/mol. The van der Waals surface area contributed by atoms with Gasteiger partial charge >= 0.3 is 5.97 Å². The van der Waals surface area contributed by atoms with Crippen molar-refractivity contribution in [3.63, 3.8) is 0 Å². The molecule has 2 atom stereocenters. The number of carboxylic acid groups (broad SMARTS) is 1. The molecule has 3 aromatic rings. The van der Waals surface area contributed by atoms with Gasteiger partial charge in [0.05, 0.1) is 6.04 Å². The SMILES string of the molecule is CCCC(NC(CC)c1cccc(OC(C)(C)C(=O)O)c1)c1nc2ccccc2o1. The smallest absolute Gasteiger partial charge is 0.347 e. The van der Waals surface area contributed by atoms with E-state index in [1.807, 2.05) is 42.5 Å². The van der Waals surface area contributed by atoms with Crippen molar-refractivity contribution in [3.8, 4) is 5.75 Å². The van der Waals surface area contributed by atoms with Gasteiger partial charge in [0.2, 0.25) is 5.89 Å². The minimum atomic E-state index is -1.29. The quantitative estimate of drug-likeness (QED) is 0.449. The van der Waals surface area contributed by atoms with Crippen molar-refractivity contribution < 1.29 is 19.1 Å². The van der Waals surface area contributed by atoms with Gasteiger partial charge in [-0.05, 0) is 56.5 Å². The first-order valence-electron chi connectivity index (χ1n) is 10.5. The molecule has 2 unspecified atom stereocenters. The van der Waals surface area contributed by atoms with Crippen molar-refractivity contribution >= 4 is 17.1 Å². The molecule has 0 radical (unpaired) electrons. The van der Waals surface area contributed by atoms with Gasteiger partial charge in [-0.15, -0.1) is 0 Å². The highest BCUT2D eigenvalue weighted by molar-refractivity contribution is 5.76. The molecule has 1 aromatic heterocycles. The van der Waals surface area contributed by atoms with E-state index in [1.54, 1.807) is 19.9 Å². The van der Waals surface area contributed by atoms with Crippen LogP contribution in [0.1, 0.15) is 70.5 Å². The maximum atomic E-state index is 11.4. The van der Waals surface area contributed by atoms with Crippen molar-refractivity contribution in [3.05, 3.63) is 60.0 Å². The first-order valence-corrected chi connectivity index (χ1v) is 10.5. The summed E-state index contributed by atoms with van der Waals surface area (Å²) in [6, 6.07) is 15.4. The summed E-state index contributed by atoms with van der Waals surface area (Å²) in [6.45, 7) is 7.34. The second kappa shape index (κ2) is 9.30. The van der Waals surface area contributed by atoms with Crippen molar-refractivity contribution in [2.45, 2.75) is 64.6 Å². The monoisotopic (exact) mass is 410 g/mol. The Morgan fingerprint density at radius 2 is 1.93 bits per heavy atom. The van der Waals surface area contributed by atoms with Gasteiger partial charge in [0.1, 0.15) is 11.3 Å². The van der Waals surface area contributed by atoms with Crippen LogP contribution in [0.3, 0.4) is 0 Å². The van der Waals surface area contributed by atoms with Gasteiger partial charge in [0.15, 0.2) is 11.2 Å². The van der Waals surface area contributed by atoms with E-state index in [2.05, 4.69) is 24.1 Å². The number of fused-ring (bicyclic) bond motifs is 1. The summed E-state index contributed by atoms with van der Waals surface area (Å²) in [5, 5.41) is 13.0. The molecule has 0 fully saturated rings. The van der Waals surface area contributed by atoms with Gasteiger partial charge in [-0.1, -0.05) is 44.5 Å². The fourth-order valence-electron chi connectivity index (χ4n) is 3.43. The molecular formula is C24H30N2O4. The Morgan fingerprint density at radius 3 is 2.60 bits per heavy atom. The van der Waals surface area contributed by atoms with Crippen molar-refractivity contribution in [2.24, 2.45) is 0 Å².